The summed E-state index contributed by atoms with van der Waals surface area (Å²) in [4.78, 5) is 12.5. The molecule has 0 spiro atoms. The number of nitrogens with one attached hydrogen (secondary N) is 1. The summed E-state index contributed by atoms with van der Waals surface area (Å²) in [5.74, 6) is 0.0740. The van der Waals surface area contributed by atoms with Gasteiger partial charge in [0.25, 0.3) is 0 Å². The maximum absolute atomic E-state index is 12.5. The van der Waals surface area contributed by atoms with Gasteiger partial charge in [-0.25, -0.2) is 0 Å². The van der Waals surface area contributed by atoms with E-state index in [-0.39, 0.29) is 11.3 Å². The first kappa shape index (κ1) is 16.8. The molecule has 0 aromatic rings. The lowest BCUT2D eigenvalue weighted by Gasteiger charge is -2.35. The lowest BCUT2D eigenvalue weighted by molar-refractivity contribution is -0.128. The van der Waals surface area contributed by atoms with Crippen LogP contribution >= 0.6 is 0 Å². The van der Waals surface area contributed by atoms with Gasteiger partial charge in [0.05, 0.1) is 5.54 Å². The standard InChI is InChI=1S/C17H32N2O2/c1-2-21-13-12-16(8-6-7-9-16)14-19-15(20)17(18)10-4-3-5-11-17/h2-14,18H2,1H3,(H,19,20). The average Bonchev–Trinajstić information content (AvgIpc) is 2.95. The fraction of sp³-hybridized carbons (Fsp3) is 0.941. The normalized spacial score (nSPS) is 23.9. The molecule has 2 fully saturated rings. The molecule has 122 valence electrons. The van der Waals surface area contributed by atoms with Crippen LogP contribution in [0.1, 0.15) is 71.1 Å². The minimum absolute atomic E-state index is 0.0740. The summed E-state index contributed by atoms with van der Waals surface area (Å²) in [5, 5.41) is 3.18. The molecule has 2 aliphatic rings. The molecule has 0 aromatic carbocycles. The van der Waals surface area contributed by atoms with Crippen LogP contribution in [0.4, 0.5) is 0 Å². The summed E-state index contributed by atoms with van der Waals surface area (Å²) in [5.41, 5.74) is 5.95. The fourth-order valence-electron chi connectivity index (χ4n) is 3.93. The van der Waals surface area contributed by atoms with E-state index in [1.165, 1.54) is 32.1 Å². The third kappa shape index (κ3) is 4.43. The minimum atomic E-state index is -0.613. The molecule has 4 heteroatoms. The van der Waals surface area contributed by atoms with Crippen molar-refractivity contribution >= 4 is 5.91 Å². The van der Waals surface area contributed by atoms with E-state index in [0.29, 0.717) is 0 Å². The molecule has 0 aromatic heterocycles. The number of rotatable bonds is 7. The van der Waals surface area contributed by atoms with Gasteiger partial charge in [0.2, 0.25) is 5.91 Å². The van der Waals surface area contributed by atoms with Crippen molar-refractivity contribution in [2.45, 2.75) is 76.7 Å². The maximum atomic E-state index is 12.5. The molecular weight excluding hydrogens is 264 g/mol. The van der Waals surface area contributed by atoms with Gasteiger partial charge in [-0.3, -0.25) is 4.79 Å². The number of hydrogen-bond acceptors (Lipinski definition) is 3. The number of nitrogens with two attached hydrogens (primary N) is 1. The molecule has 21 heavy (non-hydrogen) atoms. The summed E-state index contributed by atoms with van der Waals surface area (Å²) in [6, 6.07) is 0. The van der Waals surface area contributed by atoms with Crippen LogP contribution < -0.4 is 11.1 Å². The Bertz CT molecular complexity index is 332. The highest BCUT2D eigenvalue weighted by atomic mass is 16.5. The second-order valence-electron chi connectivity index (χ2n) is 7.05. The third-order valence-electron chi connectivity index (χ3n) is 5.47. The molecule has 2 saturated carbocycles. The number of amides is 1. The lowest BCUT2D eigenvalue weighted by Crippen LogP contribution is -2.56. The van der Waals surface area contributed by atoms with Crippen LogP contribution in [0.3, 0.4) is 0 Å². The third-order valence-corrected chi connectivity index (χ3v) is 5.47. The summed E-state index contributed by atoms with van der Waals surface area (Å²) >= 11 is 0. The van der Waals surface area contributed by atoms with Crippen LogP contribution in [0.25, 0.3) is 0 Å². The van der Waals surface area contributed by atoms with Gasteiger partial charge in [0.15, 0.2) is 0 Å². The molecule has 0 aliphatic heterocycles. The molecule has 0 bridgehead atoms. The Balaban J connectivity index is 1.84. The number of hydrogen-bond donors (Lipinski definition) is 2. The highest BCUT2D eigenvalue weighted by Crippen LogP contribution is 2.40. The van der Waals surface area contributed by atoms with Gasteiger partial charge in [-0.05, 0) is 44.4 Å². The SMILES string of the molecule is CCOCCC1(CNC(=O)C2(N)CCCCC2)CCCC1. The van der Waals surface area contributed by atoms with Crippen molar-refractivity contribution < 1.29 is 9.53 Å². The molecule has 2 rings (SSSR count). The molecule has 3 N–H and O–H groups in total. The average molecular weight is 296 g/mol. The van der Waals surface area contributed by atoms with E-state index >= 15 is 0 Å². The van der Waals surface area contributed by atoms with Crippen molar-refractivity contribution in [2.24, 2.45) is 11.1 Å². The topological polar surface area (TPSA) is 64.3 Å². The van der Waals surface area contributed by atoms with Crippen LogP contribution in [-0.2, 0) is 9.53 Å². The van der Waals surface area contributed by atoms with Crippen LogP contribution in [0.2, 0.25) is 0 Å². The molecule has 4 nitrogen and oxygen atoms in total. The summed E-state index contributed by atoms with van der Waals surface area (Å²) in [7, 11) is 0. The first-order chi connectivity index (χ1) is 10.1. The van der Waals surface area contributed by atoms with Gasteiger partial charge in [-0.2, -0.15) is 0 Å². The molecule has 0 radical (unpaired) electrons. The van der Waals surface area contributed by atoms with E-state index < -0.39 is 5.54 Å². The lowest BCUT2D eigenvalue weighted by atomic mass is 9.80. The van der Waals surface area contributed by atoms with Gasteiger partial charge < -0.3 is 15.8 Å². The number of carbonyl (C=O) groups is 1. The zero-order chi connectivity index (χ0) is 15.2. The van der Waals surface area contributed by atoms with Crippen LogP contribution in [-0.4, -0.2) is 31.2 Å². The molecule has 2 aliphatic carbocycles. The Morgan fingerprint density at radius 1 is 1.10 bits per heavy atom. The molecular formula is C17H32N2O2. The zero-order valence-electron chi connectivity index (χ0n) is 13.6. The highest BCUT2D eigenvalue weighted by molar-refractivity contribution is 5.86. The van der Waals surface area contributed by atoms with E-state index in [2.05, 4.69) is 5.32 Å². The predicted molar refractivity (Wildman–Crippen MR) is 85.0 cm³/mol. The van der Waals surface area contributed by atoms with E-state index in [1.54, 1.807) is 0 Å². The Morgan fingerprint density at radius 2 is 1.71 bits per heavy atom. The van der Waals surface area contributed by atoms with E-state index in [1.807, 2.05) is 6.92 Å². The van der Waals surface area contributed by atoms with Gasteiger partial charge in [-0.15, -0.1) is 0 Å². The molecule has 0 heterocycles. The van der Waals surface area contributed by atoms with Crippen molar-refractivity contribution in [2.75, 3.05) is 19.8 Å². The summed E-state index contributed by atoms with van der Waals surface area (Å²) in [6.07, 6.45) is 11.1. The zero-order valence-corrected chi connectivity index (χ0v) is 13.6. The molecule has 0 unspecified atom stereocenters. The van der Waals surface area contributed by atoms with Gasteiger partial charge in [0.1, 0.15) is 0 Å². The monoisotopic (exact) mass is 296 g/mol. The van der Waals surface area contributed by atoms with Crippen LogP contribution in [0.5, 0.6) is 0 Å². The molecule has 1 amide bonds. The Labute approximate surface area is 129 Å². The first-order valence-corrected chi connectivity index (χ1v) is 8.75. The largest absolute Gasteiger partial charge is 0.382 e. The number of ether oxygens (including phenoxy) is 1. The van der Waals surface area contributed by atoms with Crippen molar-refractivity contribution in [3.8, 4) is 0 Å². The van der Waals surface area contributed by atoms with Crippen LogP contribution in [0.15, 0.2) is 0 Å². The van der Waals surface area contributed by atoms with Crippen molar-refractivity contribution in [3.63, 3.8) is 0 Å². The van der Waals surface area contributed by atoms with Crippen molar-refractivity contribution in [3.05, 3.63) is 0 Å². The quantitative estimate of drug-likeness (QED) is 0.710. The highest BCUT2D eigenvalue weighted by Gasteiger charge is 2.38. The Hall–Kier alpha value is -0.610. The number of carbonyl (C=O) groups excluding carboxylic acids is 1. The summed E-state index contributed by atoms with van der Waals surface area (Å²) in [6.45, 7) is 4.39. The van der Waals surface area contributed by atoms with Crippen LogP contribution in [0, 0.1) is 5.41 Å². The summed E-state index contributed by atoms with van der Waals surface area (Å²) < 4.78 is 5.53. The Morgan fingerprint density at radius 3 is 2.33 bits per heavy atom. The van der Waals surface area contributed by atoms with Gasteiger partial charge >= 0.3 is 0 Å². The van der Waals surface area contributed by atoms with E-state index in [4.69, 9.17) is 10.5 Å². The van der Waals surface area contributed by atoms with E-state index in [0.717, 1.165) is 51.9 Å². The molecule has 0 atom stereocenters. The van der Waals surface area contributed by atoms with E-state index in [9.17, 15) is 4.79 Å². The van der Waals surface area contributed by atoms with Crippen molar-refractivity contribution in [1.82, 2.24) is 5.32 Å². The minimum Gasteiger partial charge on any atom is -0.382 e. The smallest absolute Gasteiger partial charge is 0.240 e. The predicted octanol–water partition coefficient (Wildman–Crippen LogP) is 2.75. The van der Waals surface area contributed by atoms with Gasteiger partial charge in [-0.1, -0.05) is 32.1 Å². The van der Waals surface area contributed by atoms with Gasteiger partial charge in [0, 0.05) is 19.8 Å². The van der Waals surface area contributed by atoms with Crippen molar-refractivity contribution in [1.29, 1.82) is 0 Å². The second-order valence-corrected chi connectivity index (χ2v) is 7.05. The fourth-order valence-corrected chi connectivity index (χ4v) is 3.93. The second kappa shape index (κ2) is 7.59. The maximum Gasteiger partial charge on any atom is 0.240 e. The Kier molecular flexibility index (Phi) is 6.06. The first-order valence-electron chi connectivity index (χ1n) is 8.75. The molecule has 0 saturated heterocycles.